The van der Waals surface area contributed by atoms with Crippen LogP contribution < -0.4 is 9.47 Å². The van der Waals surface area contributed by atoms with Gasteiger partial charge in [-0.05, 0) is 35.4 Å². The number of nitrogens with zero attached hydrogens (tertiary/aromatic N) is 4. The molecular formula is C23H22N4O3. The molecule has 152 valence electrons. The average molecular weight is 402 g/mol. The number of carbonyl (C=O) groups excluding carboxylic acids is 1. The lowest BCUT2D eigenvalue weighted by atomic mass is 10.2. The normalized spacial score (nSPS) is 10.7. The maximum absolute atomic E-state index is 13.2. The molecule has 7 nitrogen and oxygen atoms in total. The van der Waals surface area contributed by atoms with Crippen molar-refractivity contribution in [2.24, 2.45) is 0 Å². The molecular weight excluding hydrogens is 380 g/mol. The zero-order chi connectivity index (χ0) is 20.9. The van der Waals surface area contributed by atoms with E-state index in [-0.39, 0.29) is 5.78 Å². The molecule has 4 rings (SSSR count). The molecule has 0 bridgehead atoms. The molecule has 0 aliphatic rings. The van der Waals surface area contributed by atoms with Gasteiger partial charge in [0.15, 0.2) is 11.6 Å². The van der Waals surface area contributed by atoms with Gasteiger partial charge in [-0.25, -0.2) is 9.97 Å². The lowest BCUT2D eigenvalue weighted by Gasteiger charge is -2.10. The van der Waals surface area contributed by atoms with Gasteiger partial charge in [0.2, 0.25) is 0 Å². The Kier molecular flexibility index (Phi) is 5.61. The summed E-state index contributed by atoms with van der Waals surface area (Å²) in [6, 6.07) is 15.5. The Morgan fingerprint density at radius 2 is 1.13 bits per heavy atom. The highest BCUT2D eigenvalue weighted by atomic mass is 16.5. The van der Waals surface area contributed by atoms with Crippen LogP contribution in [0.4, 0.5) is 0 Å². The summed E-state index contributed by atoms with van der Waals surface area (Å²) in [7, 11) is 3.27. The molecule has 30 heavy (non-hydrogen) atoms. The van der Waals surface area contributed by atoms with E-state index in [1.165, 1.54) is 0 Å². The fourth-order valence-electron chi connectivity index (χ4n) is 3.25. The predicted octanol–water partition coefficient (Wildman–Crippen LogP) is 3.42. The lowest BCUT2D eigenvalue weighted by Crippen LogP contribution is -2.17. The third kappa shape index (κ3) is 4.10. The number of hydrogen-bond donors (Lipinski definition) is 0. The van der Waals surface area contributed by atoms with Crippen LogP contribution in [0.25, 0.3) is 0 Å². The van der Waals surface area contributed by atoms with E-state index in [9.17, 15) is 4.79 Å². The second kappa shape index (κ2) is 8.65. The Labute approximate surface area is 174 Å². The van der Waals surface area contributed by atoms with Crippen LogP contribution in [0, 0.1) is 0 Å². The van der Waals surface area contributed by atoms with Gasteiger partial charge in [-0.3, -0.25) is 4.79 Å². The van der Waals surface area contributed by atoms with Crippen molar-refractivity contribution in [2.75, 3.05) is 14.2 Å². The van der Waals surface area contributed by atoms with Crippen molar-refractivity contribution in [3.63, 3.8) is 0 Å². The first-order valence-corrected chi connectivity index (χ1v) is 9.51. The third-order valence-electron chi connectivity index (χ3n) is 4.86. The van der Waals surface area contributed by atoms with E-state index < -0.39 is 0 Å². The summed E-state index contributed by atoms with van der Waals surface area (Å²) in [4.78, 5) is 21.8. The monoisotopic (exact) mass is 402 g/mol. The predicted molar refractivity (Wildman–Crippen MR) is 112 cm³/mol. The Morgan fingerprint density at radius 3 is 1.50 bits per heavy atom. The van der Waals surface area contributed by atoms with Crippen LogP contribution in [0.1, 0.15) is 27.6 Å². The zero-order valence-electron chi connectivity index (χ0n) is 16.9. The molecule has 0 saturated heterocycles. The molecule has 2 aromatic carbocycles. The van der Waals surface area contributed by atoms with E-state index in [1.807, 2.05) is 57.7 Å². The number of methoxy groups -OCH3 is 2. The number of hydrogen-bond acceptors (Lipinski definition) is 5. The summed E-state index contributed by atoms with van der Waals surface area (Å²) in [5.41, 5.74) is 2.09. The molecule has 0 aliphatic heterocycles. The van der Waals surface area contributed by atoms with Crippen molar-refractivity contribution in [1.29, 1.82) is 0 Å². The molecule has 7 heteroatoms. The quantitative estimate of drug-likeness (QED) is 0.422. The maximum atomic E-state index is 13.2. The van der Waals surface area contributed by atoms with Crippen LogP contribution >= 0.6 is 0 Å². The van der Waals surface area contributed by atoms with Gasteiger partial charge in [0.25, 0.3) is 5.78 Å². The van der Waals surface area contributed by atoms with Crippen molar-refractivity contribution >= 4 is 5.78 Å². The molecule has 4 aromatic rings. The summed E-state index contributed by atoms with van der Waals surface area (Å²) in [6.45, 7) is 1.06. The second-order valence-electron chi connectivity index (χ2n) is 6.78. The first kappa shape index (κ1) is 19.4. The van der Waals surface area contributed by atoms with Crippen LogP contribution in [0.2, 0.25) is 0 Å². The van der Waals surface area contributed by atoms with Gasteiger partial charge in [-0.15, -0.1) is 0 Å². The number of carbonyl (C=O) groups is 1. The van der Waals surface area contributed by atoms with Gasteiger partial charge >= 0.3 is 0 Å². The fraction of sp³-hybridized carbons (Fsp3) is 0.174. The number of aromatic nitrogens is 4. The largest absolute Gasteiger partial charge is 0.497 e. The molecule has 0 atom stereocenters. The van der Waals surface area contributed by atoms with Gasteiger partial charge in [0, 0.05) is 37.9 Å². The Balaban J connectivity index is 1.54. The highest BCUT2D eigenvalue weighted by Gasteiger charge is 2.20. The first-order valence-electron chi connectivity index (χ1n) is 9.51. The summed E-state index contributed by atoms with van der Waals surface area (Å²) in [5, 5.41) is 0. The molecule has 0 saturated carbocycles. The van der Waals surface area contributed by atoms with Crippen LogP contribution in [-0.4, -0.2) is 39.1 Å². The van der Waals surface area contributed by atoms with E-state index in [2.05, 4.69) is 9.97 Å². The summed E-state index contributed by atoms with van der Waals surface area (Å²) in [6.07, 6.45) is 6.86. The third-order valence-corrected chi connectivity index (χ3v) is 4.86. The van der Waals surface area contributed by atoms with Gasteiger partial charge < -0.3 is 18.6 Å². The van der Waals surface area contributed by atoms with E-state index in [1.54, 1.807) is 39.0 Å². The van der Waals surface area contributed by atoms with E-state index in [0.29, 0.717) is 24.7 Å². The number of benzene rings is 2. The van der Waals surface area contributed by atoms with Gasteiger partial charge in [-0.1, -0.05) is 24.3 Å². The van der Waals surface area contributed by atoms with Crippen molar-refractivity contribution in [3.05, 3.63) is 96.1 Å². The first-order chi connectivity index (χ1) is 14.7. The molecule has 0 fully saturated rings. The zero-order valence-corrected chi connectivity index (χ0v) is 16.9. The van der Waals surface area contributed by atoms with Crippen molar-refractivity contribution in [3.8, 4) is 11.5 Å². The van der Waals surface area contributed by atoms with Crippen molar-refractivity contribution in [1.82, 2.24) is 19.1 Å². The van der Waals surface area contributed by atoms with Crippen LogP contribution in [0.15, 0.2) is 73.3 Å². The second-order valence-corrected chi connectivity index (χ2v) is 6.78. The number of ether oxygens (including phenoxy) is 2. The number of rotatable bonds is 8. The van der Waals surface area contributed by atoms with E-state index >= 15 is 0 Å². The lowest BCUT2D eigenvalue weighted by molar-refractivity contribution is 0.101. The molecule has 0 N–H and O–H groups in total. The molecule has 0 spiro atoms. The topological polar surface area (TPSA) is 71.2 Å². The van der Waals surface area contributed by atoms with Gasteiger partial charge in [0.05, 0.1) is 14.2 Å². The van der Waals surface area contributed by atoms with Crippen molar-refractivity contribution in [2.45, 2.75) is 13.1 Å². The van der Waals surface area contributed by atoms with Gasteiger partial charge in [0.1, 0.15) is 11.5 Å². The van der Waals surface area contributed by atoms with Crippen LogP contribution in [-0.2, 0) is 13.1 Å². The molecule has 0 aliphatic carbocycles. The standard InChI is InChI=1S/C23H22N4O3/c1-29-19-7-3-17(4-8-19)15-26-13-11-24-22(26)21(28)23-25-12-14-27(23)16-18-5-9-20(30-2)10-6-18/h3-14H,15-16H2,1-2H3. The minimum absolute atomic E-state index is 0.216. The Bertz CT molecular complexity index is 1040. The van der Waals surface area contributed by atoms with Crippen LogP contribution in [0.3, 0.4) is 0 Å². The minimum Gasteiger partial charge on any atom is -0.497 e. The van der Waals surface area contributed by atoms with Crippen LogP contribution in [0.5, 0.6) is 11.5 Å². The summed E-state index contributed by atoms with van der Waals surface area (Å²) in [5.74, 6) is 2.08. The molecule has 0 amide bonds. The highest BCUT2D eigenvalue weighted by Crippen LogP contribution is 2.16. The van der Waals surface area contributed by atoms with E-state index in [4.69, 9.17) is 9.47 Å². The average Bonchev–Trinajstić information content (AvgIpc) is 3.44. The van der Waals surface area contributed by atoms with E-state index in [0.717, 1.165) is 22.6 Å². The molecule has 0 radical (unpaired) electrons. The fourth-order valence-corrected chi connectivity index (χ4v) is 3.25. The maximum Gasteiger partial charge on any atom is 0.263 e. The minimum atomic E-state index is -0.216. The highest BCUT2D eigenvalue weighted by molar-refractivity contribution is 6.04. The van der Waals surface area contributed by atoms with Crippen molar-refractivity contribution < 1.29 is 14.3 Å². The Morgan fingerprint density at radius 1 is 0.733 bits per heavy atom. The molecule has 2 aromatic heterocycles. The number of ketones is 1. The SMILES string of the molecule is COc1ccc(Cn2ccnc2C(=O)c2nccn2Cc2ccc(OC)cc2)cc1. The van der Waals surface area contributed by atoms with Gasteiger partial charge in [-0.2, -0.15) is 0 Å². The summed E-state index contributed by atoms with van der Waals surface area (Å²) < 4.78 is 14.1. The number of imidazole rings is 2. The summed E-state index contributed by atoms with van der Waals surface area (Å²) >= 11 is 0. The molecule has 2 heterocycles. The smallest absolute Gasteiger partial charge is 0.263 e. The Hall–Kier alpha value is -3.87. The molecule has 0 unspecified atom stereocenters.